The van der Waals surface area contributed by atoms with Gasteiger partial charge in [-0.15, -0.1) is 0 Å². The number of benzene rings is 1. The molecule has 1 aromatic rings. The number of rotatable bonds is 10. The van der Waals surface area contributed by atoms with Crippen LogP contribution in [-0.2, 0) is 9.59 Å². The average Bonchev–Trinajstić information content (AvgIpc) is 2.68. The SMILES string of the molecule is CCCCCCCC(=O)N1CCN(c2ccc(NC(=O)CC(C)C)cc2)CC1. The fourth-order valence-electron chi connectivity index (χ4n) is 3.59. The quantitative estimate of drug-likeness (QED) is 0.593. The largest absolute Gasteiger partial charge is 0.368 e. The van der Waals surface area contributed by atoms with Crippen molar-refractivity contribution in [1.82, 2.24) is 4.90 Å². The van der Waals surface area contributed by atoms with Crippen LogP contribution in [0.1, 0.15) is 65.7 Å². The monoisotopic (exact) mass is 387 g/mol. The summed E-state index contributed by atoms with van der Waals surface area (Å²) >= 11 is 0. The fraction of sp³-hybridized carbons (Fsp3) is 0.652. The van der Waals surface area contributed by atoms with Gasteiger partial charge >= 0.3 is 0 Å². The van der Waals surface area contributed by atoms with E-state index in [2.05, 4.69) is 29.3 Å². The van der Waals surface area contributed by atoms with Crippen molar-refractivity contribution in [3.8, 4) is 0 Å². The Labute approximate surface area is 170 Å². The van der Waals surface area contributed by atoms with Crippen LogP contribution in [0.5, 0.6) is 0 Å². The van der Waals surface area contributed by atoms with Crippen molar-refractivity contribution < 1.29 is 9.59 Å². The predicted octanol–water partition coefficient (Wildman–Crippen LogP) is 4.68. The fourth-order valence-corrected chi connectivity index (χ4v) is 3.59. The van der Waals surface area contributed by atoms with Gasteiger partial charge in [0.1, 0.15) is 0 Å². The number of carbonyl (C=O) groups excluding carboxylic acids is 2. The number of piperazine rings is 1. The molecule has 0 aliphatic carbocycles. The van der Waals surface area contributed by atoms with Crippen LogP contribution in [0.3, 0.4) is 0 Å². The average molecular weight is 388 g/mol. The van der Waals surface area contributed by atoms with E-state index in [0.29, 0.717) is 24.7 Å². The topological polar surface area (TPSA) is 52.7 Å². The minimum Gasteiger partial charge on any atom is -0.368 e. The highest BCUT2D eigenvalue weighted by molar-refractivity contribution is 5.91. The summed E-state index contributed by atoms with van der Waals surface area (Å²) in [5.41, 5.74) is 1.99. The Morgan fingerprint density at radius 2 is 1.61 bits per heavy atom. The van der Waals surface area contributed by atoms with Crippen molar-refractivity contribution in [3.63, 3.8) is 0 Å². The van der Waals surface area contributed by atoms with Gasteiger partial charge in [-0.3, -0.25) is 9.59 Å². The minimum absolute atomic E-state index is 0.0598. The van der Waals surface area contributed by atoms with Crippen LogP contribution in [0, 0.1) is 5.92 Å². The molecule has 1 fully saturated rings. The van der Waals surface area contributed by atoms with Crippen LogP contribution in [0.2, 0.25) is 0 Å². The van der Waals surface area contributed by atoms with Crippen molar-refractivity contribution in [2.24, 2.45) is 5.92 Å². The van der Waals surface area contributed by atoms with Crippen molar-refractivity contribution >= 4 is 23.2 Å². The van der Waals surface area contributed by atoms with Crippen LogP contribution < -0.4 is 10.2 Å². The second-order valence-corrected chi connectivity index (χ2v) is 8.23. The molecule has 2 rings (SSSR count). The minimum atomic E-state index is 0.0598. The molecule has 1 aliphatic rings. The van der Waals surface area contributed by atoms with E-state index in [4.69, 9.17) is 0 Å². The van der Waals surface area contributed by atoms with E-state index < -0.39 is 0 Å². The zero-order chi connectivity index (χ0) is 20.4. The maximum atomic E-state index is 12.4. The van der Waals surface area contributed by atoms with Crippen LogP contribution in [0.4, 0.5) is 11.4 Å². The number of hydrogen-bond donors (Lipinski definition) is 1. The third kappa shape index (κ3) is 7.53. The van der Waals surface area contributed by atoms with Gasteiger partial charge < -0.3 is 15.1 Å². The van der Waals surface area contributed by atoms with Gasteiger partial charge in [0.05, 0.1) is 0 Å². The second-order valence-electron chi connectivity index (χ2n) is 8.23. The van der Waals surface area contributed by atoms with E-state index in [0.717, 1.165) is 44.0 Å². The zero-order valence-corrected chi connectivity index (χ0v) is 17.9. The Morgan fingerprint density at radius 1 is 0.964 bits per heavy atom. The molecule has 1 aromatic carbocycles. The van der Waals surface area contributed by atoms with E-state index >= 15 is 0 Å². The smallest absolute Gasteiger partial charge is 0.224 e. The summed E-state index contributed by atoms with van der Waals surface area (Å²) in [6.07, 6.45) is 7.16. The van der Waals surface area contributed by atoms with Gasteiger partial charge in [-0.1, -0.05) is 46.5 Å². The molecule has 5 heteroatoms. The number of nitrogens with one attached hydrogen (secondary N) is 1. The van der Waals surface area contributed by atoms with Gasteiger partial charge in [-0.2, -0.15) is 0 Å². The normalized spacial score (nSPS) is 14.4. The molecule has 28 heavy (non-hydrogen) atoms. The molecule has 2 amide bonds. The summed E-state index contributed by atoms with van der Waals surface area (Å²) < 4.78 is 0. The second kappa shape index (κ2) is 11.7. The summed E-state index contributed by atoms with van der Waals surface area (Å²) in [6.45, 7) is 9.60. The number of carbonyl (C=O) groups is 2. The summed E-state index contributed by atoms with van der Waals surface area (Å²) in [7, 11) is 0. The summed E-state index contributed by atoms with van der Waals surface area (Å²) in [4.78, 5) is 28.6. The third-order valence-electron chi connectivity index (χ3n) is 5.24. The van der Waals surface area contributed by atoms with Gasteiger partial charge in [-0.05, 0) is 36.6 Å². The van der Waals surface area contributed by atoms with Crippen molar-refractivity contribution in [2.45, 2.75) is 65.7 Å². The lowest BCUT2D eigenvalue weighted by molar-refractivity contribution is -0.131. The van der Waals surface area contributed by atoms with Crippen LogP contribution in [0.15, 0.2) is 24.3 Å². The van der Waals surface area contributed by atoms with Crippen molar-refractivity contribution in [2.75, 3.05) is 36.4 Å². The number of amides is 2. The lowest BCUT2D eigenvalue weighted by Gasteiger charge is -2.36. The first-order chi connectivity index (χ1) is 13.5. The van der Waals surface area contributed by atoms with Crippen LogP contribution >= 0.6 is 0 Å². The Bertz CT molecular complexity index is 605. The Hall–Kier alpha value is -2.04. The molecule has 0 unspecified atom stereocenters. The molecule has 1 N–H and O–H groups in total. The molecular formula is C23H37N3O2. The number of nitrogens with zero attached hydrogens (tertiary/aromatic N) is 2. The van der Waals surface area contributed by atoms with Crippen molar-refractivity contribution in [1.29, 1.82) is 0 Å². The number of unbranched alkanes of at least 4 members (excludes halogenated alkanes) is 4. The molecule has 156 valence electrons. The van der Waals surface area contributed by atoms with Gasteiger partial charge in [0.2, 0.25) is 11.8 Å². The number of hydrogen-bond acceptors (Lipinski definition) is 3. The molecule has 0 radical (unpaired) electrons. The lowest BCUT2D eigenvalue weighted by atomic mass is 10.1. The van der Waals surface area contributed by atoms with Gasteiger partial charge in [0.25, 0.3) is 0 Å². The first-order valence-electron chi connectivity index (χ1n) is 10.9. The first-order valence-corrected chi connectivity index (χ1v) is 10.9. The predicted molar refractivity (Wildman–Crippen MR) is 117 cm³/mol. The molecule has 0 atom stereocenters. The summed E-state index contributed by atoms with van der Waals surface area (Å²) in [5, 5.41) is 2.95. The third-order valence-corrected chi connectivity index (χ3v) is 5.24. The van der Waals surface area contributed by atoms with E-state index in [1.54, 1.807) is 0 Å². The van der Waals surface area contributed by atoms with Crippen LogP contribution in [-0.4, -0.2) is 42.9 Å². The highest BCUT2D eigenvalue weighted by Gasteiger charge is 2.20. The first kappa shape index (κ1) is 22.3. The van der Waals surface area contributed by atoms with Crippen molar-refractivity contribution in [3.05, 3.63) is 24.3 Å². The Balaban J connectivity index is 1.73. The highest BCUT2D eigenvalue weighted by atomic mass is 16.2. The lowest BCUT2D eigenvalue weighted by Crippen LogP contribution is -2.48. The van der Waals surface area contributed by atoms with Crippen LogP contribution in [0.25, 0.3) is 0 Å². The molecule has 0 saturated carbocycles. The zero-order valence-electron chi connectivity index (χ0n) is 17.9. The Kier molecular flexibility index (Phi) is 9.32. The molecule has 0 spiro atoms. The van der Waals surface area contributed by atoms with Gasteiger partial charge in [0, 0.05) is 50.4 Å². The maximum Gasteiger partial charge on any atom is 0.224 e. The molecule has 0 bridgehead atoms. The van der Waals surface area contributed by atoms with Gasteiger partial charge in [0.15, 0.2) is 0 Å². The maximum absolute atomic E-state index is 12.4. The van der Waals surface area contributed by atoms with Gasteiger partial charge in [-0.25, -0.2) is 0 Å². The van der Waals surface area contributed by atoms with E-state index in [1.165, 1.54) is 25.7 Å². The summed E-state index contributed by atoms with van der Waals surface area (Å²) in [6, 6.07) is 8.02. The molecule has 5 nitrogen and oxygen atoms in total. The Morgan fingerprint density at radius 3 is 2.21 bits per heavy atom. The molecule has 1 saturated heterocycles. The molecular weight excluding hydrogens is 350 g/mol. The molecule has 0 aromatic heterocycles. The highest BCUT2D eigenvalue weighted by Crippen LogP contribution is 2.20. The van der Waals surface area contributed by atoms with E-state index in [9.17, 15) is 9.59 Å². The molecule has 1 heterocycles. The number of anilines is 2. The van der Waals surface area contributed by atoms with E-state index in [1.807, 2.05) is 30.9 Å². The standard InChI is InChI=1S/C23H37N3O2/c1-4-5-6-7-8-9-23(28)26-16-14-25(15-17-26)21-12-10-20(11-13-21)24-22(27)18-19(2)3/h10-13,19H,4-9,14-18H2,1-3H3,(H,24,27). The molecule has 1 aliphatic heterocycles. The van der Waals surface area contributed by atoms with E-state index in [-0.39, 0.29) is 5.91 Å². The summed E-state index contributed by atoms with van der Waals surface area (Å²) in [5.74, 6) is 0.721.